The van der Waals surface area contributed by atoms with E-state index in [1.807, 2.05) is 0 Å². The summed E-state index contributed by atoms with van der Waals surface area (Å²) in [7, 11) is 0. The van der Waals surface area contributed by atoms with Crippen molar-refractivity contribution in [3.05, 3.63) is 35.8 Å². The number of hydrogen-bond donors (Lipinski definition) is 3. The smallest absolute Gasteiger partial charge is 0.269 e. The summed E-state index contributed by atoms with van der Waals surface area (Å²) in [6, 6.07) is 4.85. The van der Waals surface area contributed by atoms with Crippen LogP contribution in [-0.4, -0.2) is 32.2 Å². The summed E-state index contributed by atoms with van der Waals surface area (Å²) in [4.78, 5) is 15.6. The molecule has 2 aromatic rings. The Hall–Kier alpha value is -3.06. The van der Waals surface area contributed by atoms with Gasteiger partial charge in [0, 0.05) is 6.20 Å². The van der Waals surface area contributed by atoms with Gasteiger partial charge in [-0.25, -0.2) is 8.78 Å². The molecule has 8 nitrogen and oxygen atoms in total. The van der Waals surface area contributed by atoms with Gasteiger partial charge in [-0.1, -0.05) is 12.8 Å². The first-order chi connectivity index (χ1) is 13.4. The number of alkyl halides is 2. The van der Waals surface area contributed by atoms with E-state index in [4.69, 9.17) is 5.73 Å². The highest BCUT2D eigenvalue weighted by Crippen LogP contribution is 2.34. The molecule has 1 aliphatic carbocycles. The number of nitrogens with zero attached hydrogens (tertiary/aromatic N) is 4. The topological polar surface area (TPSA) is 130 Å². The average Bonchev–Trinajstić information content (AvgIpc) is 3.11. The second kappa shape index (κ2) is 8.31. The van der Waals surface area contributed by atoms with Crippen LogP contribution >= 0.6 is 0 Å². The lowest BCUT2D eigenvalue weighted by Gasteiger charge is -2.26. The van der Waals surface area contributed by atoms with E-state index in [1.165, 1.54) is 24.5 Å². The van der Waals surface area contributed by atoms with Gasteiger partial charge in [0.25, 0.3) is 12.3 Å². The number of carbonyl (C=O) groups is 1. The summed E-state index contributed by atoms with van der Waals surface area (Å²) in [6.07, 6.45) is 1.36. The third kappa shape index (κ3) is 4.09. The molecule has 0 unspecified atom stereocenters. The van der Waals surface area contributed by atoms with E-state index in [0.29, 0.717) is 5.69 Å². The van der Waals surface area contributed by atoms with Gasteiger partial charge < -0.3 is 16.2 Å². The fourth-order valence-corrected chi connectivity index (χ4v) is 3.33. The monoisotopic (exact) mass is 390 g/mol. The van der Waals surface area contributed by atoms with Gasteiger partial charge in [0.15, 0.2) is 11.9 Å². The first-order valence-corrected chi connectivity index (χ1v) is 8.88. The molecule has 1 saturated carbocycles. The predicted molar refractivity (Wildman–Crippen MR) is 95.8 cm³/mol. The summed E-state index contributed by atoms with van der Waals surface area (Å²) in [6.45, 7) is 0. The standard InChI is InChI=1S/C18H20F2N6O2/c19-16(20)15(27)13-6-5-11(8-23-13)24-18-12(17(22)28)9-26(25-18)14-4-2-1-3-10(14)7-21/h5-6,8-10,14-16,27H,1-4H2,(H2,22,28)(H,24,25)/t10-,14+,15+/m1/s1. The first-order valence-electron chi connectivity index (χ1n) is 8.88. The number of anilines is 2. The molecular formula is C18H20F2N6O2. The Labute approximate surface area is 160 Å². The Kier molecular flexibility index (Phi) is 5.84. The fraction of sp³-hybridized carbons (Fsp3) is 0.444. The summed E-state index contributed by atoms with van der Waals surface area (Å²) in [5.74, 6) is -0.687. The Balaban J connectivity index is 1.84. The van der Waals surface area contributed by atoms with Crippen LogP contribution in [0.4, 0.5) is 20.3 Å². The normalized spacial score (nSPS) is 20.5. The van der Waals surface area contributed by atoms with Crippen LogP contribution in [0.1, 0.15) is 53.9 Å². The number of aliphatic hydroxyl groups is 1. The van der Waals surface area contributed by atoms with Crippen LogP contribution in [0.5, 0.6) is 0 Å². The van der Waals surface area contributed by atoms with Gasteiger partial charge >= 0.3 is 0 Å². The van der Waals surface area contributed by atoms with Crippen molar-refractivity contribution in [2.75, 3.05) is 5.32 Å². The molecule has 28 heavy (non-hydrogen) atoms. The van der Waals surface area contributed by atoms with E-state index < -0.39 is 18.4 Å². The zero-order valence-electron chi connectivity index (χ0n) is 14.9. The lowest BCUT2D eigenvalue weighted by molar-refractivity contribution is -0.00819. The maximum absolute atomic E-state index is 12.6. The molecule has 0 saturated heterocycles. The number of primary amides is 1. The number of pyridine rings is 1. The number of halogens is 2. The molecule has 0 spiro atoms. The lowest BCUT2D eigenvalue weighted by atomic mass is 9.85. The van der Waals surface area contributed by atoms with Crippen molar-refractivity contribution in [3.8, 4) is 6.07 Å². The number of carbonyl (C=O) groups excluding carboxylic acids is 1. The third-order valence-electron chi connectivity index (χ3n) is 4.82. The number of amides is 1. The number of hydrogen-bond acceptors (Lipinski definition) is 6. The maximum atomic E-state index is 12.6. The predicted octanol–water partition coefficient (Wildman–Crippen LogP) is 2.67. The van der Waals surface area contributed by atoms with Crippen LogP contribution in [0, 0.1) is 17.2 Å². The zero-order chi connectivity index (χ0) is 20.3. The van der Waals surface area contributed by atoms with Crippen molar-refractivity contribution >= 4 is 17.4 Å². The molecule has 10 heteroatoms. The van der Waals surface area contributed by atoms with Gasteiger partial charge in [0.05, 0.1) is 35.6 Å². The molecule has 2 heterocycles. The first kappa shape index (κ1) is 19.7. The van der Waals surface area contributed by atoms with Crippen LogP contribution in [0.2, 0.25) is 0 Å². The van der Waals surface area contributed by atoms with E-state index in [1.54, 1.807) is 4.68 Å². The van der Waals surface area contributed by atoms with E-state index in [9.17, 15) is 23.9 Å². The quantitative estimate of drug-likeness (QED) is 0.695. The summed E-state index contributed by atoms with van der Waals surface area (Å²) < 4.78 is 26.7. The van der Waals surface area contributed by atoms with Crippen molar-refractivity contribution in [2.45, 2.75) is 44.3 Å². The summed E-state index contributed by atoms with van der Waals surface area (Å²) in [5.41, 5.74) is 5.82. The lowest BCUT2D eigenvalue weighted by Crippen LogP contribution is -2.22. The van der Waals surface area contributed by atoms with Crippen molar-refractivity contribution in [3.63, 3.8) is 0 Å². The molecule has 2 aromatic heterocycles. The number of rotatable bonds is 6. The molecule has 1 aliphatic rings. The molecule has 4 N–H and O–H groups in total. The Morgan fingerprint density at radius 1 is 1.39 bits per heavy atom. The number of aromatic nitrogens is 3. The summed E-state index contributed by atoms with van der Waals surface area (Å²) >= 11 is 0. The highest BCUT2D eigenvalue weighted by molar-refractivity contribution is 5.98. The van der Waals surface area contributed by atoms with Crippen molar-refractivity contribution in [1.29, 1.82) is 5.26 Å². The van der Waals surface area contributed by atoms with Gasteiger partial charge in [0.2, 0.25) is 0 Å². The van der Waals surface area contributed by atoms with Gasteiger partial charge in [-0.3, -0.25) is 14.5 Å². The van der Waals surface area contributed by atoms with Crippen molar-refractivity contribution in [1.82, 2.24) is 14.8 Å². The number of nitriles is 1. The van der Waals surface area contributed by atoms with Gasteiger partial charge in [-0.05, 0) is 25.0 Å². The average molecular weight is 390 g/mol. The molecule has 0 aromatic carbocycles. The molecule has 148 valence electrons. The SMILES string of the molecule is N#C[C@H]1CCCC[C@@H]1n1cc(C(N)=O)c(Nc2ccc([C@H](O)C(F)F)nc2)n1. The molecule has 0 radical (unpaired) electrons. The Morgan fingerprint density at radius 2 is 2.14 bits per heavy atom. The van der Waals surface area contributed by atoms with Crippen molar-refractivity contribution < 1.29 is 18.7 Å². The van der Waals surface area contributed by atoms with Crippen LogP contribution in [-0.2, 0) is 0 Å². The van der Waals surface area contributed by atoms with Crippen LogP contribution in [0.3, 0.4) is 0 Å². The molecule has 0 aliphatic heterocycles. The Morgan fingerprint density at radius 3 is 2.75 bits per heavy atom. The molecule has 1 fully saturated rings. The number of aliphatic hydroxyl groups excluding tert-OH is 1. The highest BCUT2D eigenvalue weighted by Gasteiger charge is 2.29. The van der Waals surface area contributed by atoms with E-state index in [2.05, 4.69) is 21.5 Å². The molecule has 1 amide bonds. The largest absolute Gasteiger partial charge is 0.381 e. The zero-order valence-corrected chi connectivity index (χ0v) is 14.9. The van der Waals surface area contributed by atoms with E-state index in [0.717, 1.165) is 25.7 Å². The minimum Gasteiger partial charge on any atom is -0.381 e. The van der Waals surface area contributed by atoms with Crippen LogP contribution < -0.4 is 11.1 Å². The summed E-state index contributed by atoms with van der Waals surface area (Å²) in [5, 5.41) is 26.0. The second-order valence-corrected chi connectivity index (χ2v) is 6.70. The van der Waals surface area contributed by atoms with Gasteiger partial charge in [-0.2, -0.15) is 10.4 Å². The number of nitrogens with one attached hydrogen (secondary N) is 1. The van der Waals surface area contributed by atoms with Crippen molar-refractivity contribution in [2.24, 2.45) is 11.7 Å². The van der Waals surface area contributed by atoms with Gasteiger partial charge in [0.1, 0.15) is 5.56 Å². The molecule has 0 bridgehead atoms. The minimum atomic E-state index is -2.94. The van der Waals surface area contributed by atoms with Crippen LogP contribution in [0.15, 0.2) is 24.5 Å². The fourth-order valence-electron chi connectivity index (χ4n) is 3.33. The Bertz CT molecular complexity index is 877. The minimum absolute atomic E-state index is 0.144. The highest BCUT2D eigenvalue weighted by atomic mass is 19.3. The maximum Gasteiger partial charge on any atom is 0.269 e. The number of nitrogens with two attached hydrogens (primary N) is 1. The third-order valence-corrected chi connectivity index (χ3v) is 4.82. The van der Waals surface area contributed by atoms with Crippen LogP contribution in [0.25, 0.3) is 0 Å². The second-order valence-electron chi connectivity index (χ2n) is 6.70. The van der Waals surface area contributed by atoms with Gasteiger partial charge in [-0.15, -0.1) is 0 Å². The van der Waals surface area contributed by atoms with E-state index in [-0.39, 0.29) is 29.0 Å². The molecular weight excluding hydrogens is 370 g/mol. The molecule has 3 rings (SSSR count). The van der Waals surface area contributed by atoms with E-state index >= 15 is 0 Å². The molecule has 3 atom stereocenters.